The number of rotatable bonds is 6. The van der Waals surface area contributed by atoms with Crippen molar-refractivity contribution in [3.63, 3.8) is 0 Å². The van der Waals surface area contributed by atoms with Crippen LogP contribution in [0.4, 0.5) is 5.82 Å². The van der Waals surface area contributed by atoms with Crippen molar-refractivity contribution in [3.05, 3.63) is 53.9 Å². The van der Waals surface area contributed by atoms with Gasteiger partial charge in [0.2, 0.25) is 0 Å². The van der Waals surface area contributed by atoms with Gasteiger partial charge in [-0.15, -0.1) is 11.3 Å². The highest BCUT2D eigenvalue weighted by Crippen LogP contribution is 2.19. The molecule has 0 saturated heterocycles. The van der Waals surface area contributed by atoms with E-state index in [1.807, 2.05) is 36.4 Å². The summed E-state index contributed by atoms with van der Waals surface area (Å²) >= 11 is 1.23. The summed E-state index contributed by atoms with van der Waals surface area (Å²) in [6.45, 7) is 0.862. The number of nitrogens with one attached hydrogen (secondary N) is 1. The van der Waals surface area contributed by atoms with Crippen molar-refractivity contribution in [1.82, 2.24) is 9.29 Å². The third-order valence-corrected chi connectivity index (χ3v) is 6.72. The van der Waals surface area contributed by atoms with Gasteiger partial charge in [0.25, 0.3) is 10.0 Å². The van der Waals surface area contributed by atoms with Crippen molar-refractivity contribution in [2.24, 2.45) is 0 Å². The highest BCUT2D eigenvalue weighted by atomic mass is 32.2. The smallest absolute Gasteiger partial charge is 0.252 e. The van der Waals surface area contributed by atoms with Gasteiger partial charge in [-0.1, -0.05) is 24.3 Å². The van der Waals surface area contributed by atoms with Gasteiger partial charge in [-0.2, -0.15) is 4.31 Å². The fourth-order valence-corrected chi connectivity index (χ4v) is 4.56. The maximum Gasteiger partial charge on any atom is 0.252 e. The summed E-state index contributed by atoms with van der Waals surface area (Å²) in [4.78, 5) is 4.51. The van der Waals surface area contributed by atoms with Gasteiger partial charge in [0, 0.05) is 25.5 Å². The van der Waals surface area contributed by atoms with Gasteiger partial charge in [-0.3, -0.25) is 0 Å². The van der Waals surface area contributed by atoms with E-state index >= 15 is 0 Å². The summed E-state index contributed by atoms with van der Waals surface area (Å²) in [5.41, 5.74) is 0.914. The van der Waals surface area contributed by atoms with E-state index in [9.17, 15) is 8.42 Å². The quantitative estimate of drug-likeness (QED) is 0.744. The average Bonchev–Trinajstić information content (AvgIpc) is 3.10. The van der Waals surface area contributed by atoms with E-state index in [2.05, 4.69) is 10.3 Å². The number of likely N-dealkylation sites (N-methyl/N-ethyl adjacent to an activating group) is 1. The van der Waals surface area contributed by atoms with Crippen molar-refractivity contribution >= 4 is 38.1 Å². The molecule has 0 spiro atoms. The van der Waals surface area contributed by atoms with Gasteiger partial charge in [-0.25, -0.2) is 13.4 Å². The Morgan fingerprint density at radius 1 is 1.13 bits per heavy atom. The van der Waals surface area contributed by atoms with Gasteiger partial charge in [0.05, 0.1) is 5.52 Å². The number of benzene rings is 1. The van der Waals surface area contributed by atoms with E-state index in [-0.39, 0.29) is 0 Å². The lowest BCUT2D eigenvalue weighted by Gasteiger charge is -2.16. The van der Waals surface area contributed by atoms with E-state index in [1.54, 1.807) is 24.6 Å². The minimum absolute atomic E-state index is 0.365. The van der Waals surface area contributed by atoms with Crippen molar-refractivity contribution in [2.75, 3.05) is 25.5 Å². The summed E-state index contributed by atoms with van der Waals surface area (Å²) in [7, 11) is -1.81. The molecular weight excluding hydrogens is 330 g/mol. The Kier molecular flexibility index (Phi) is 4.61. The number of hydrogen-bond donors (Lipinski definition) is 1. The molecule has 23 heavy (non-hydrogen) atoms. The molecule has 3 rings (SSSR count). The maximum absolute atomic E-state index is 12.3. The average molecular weight is 347 g/mol. The molecule has 3 aromatic rings. The predicted molar refractivity (Wildman–Crippen MR) is 94.4 cm³/mol. The molecule has 7 heteroatoms. The molecule has 0 unspecified atom stereocenters. The summed E-state index contributed by atoms with van der Waals surface area (Å²) < 4.78 is 26.3. The minimum atomic E-state index is -3.39. The Hall–Kier alpha value is -1.96. The molecule has 1 aromatic carbocycles. The highest BCUT2D eigenvalue weighted by molar-refractivity contribution is 7.91. The Labute approximate surface area is 139 Å². The molecule has 0 atom stereocenters. The van der Waals surface area contributed by atoms with Crippen LogP contribution in [0.2, 0.25) is 0 Å². The first-order valence-electron chi connectivity index (χ1n) is 7.17. The number of aromatic nitrogens is 1. The first-order valence-corrected chi connectivity index (χ1v) is 9.49. The SMILES string of the molecule is CN(CCNc1ccc2ccccc2n1)S(=O)(=O)c1cccs1. The summed E-state index contributed by atoms with van der Waals surface area (Å²) in [5, 5.41) is 6.01. The summed E-state index contributed by atoms with van der Waals surface area (Å²) in [6, 6.07) is 15.1. The van der Waals surface area contributed by atoms with Crippen molar-refractivity contribution in [3.8, 4) is 0 Å². The fraction of sp³-hybridized carbons (Fsp3) is 0.188. The van der Waals surface area contributed by atoms with E-state index in [1.165, 1.54) is 15.6 Å². The van der Waals surface area contributed by atoms with E-state index < -0.39 is 10.0 Å². The predicted octanol–water partition coefficient (Wildman–Crippen LogP) is 3.03. The molecule has 0 aliphatic rings. The normalized spacial score (nSPS) is 11.9. The Morgan fingerprint density at radius 3 is 2.74 bits per heavy atom. The topological polar surface area (TPSA) is 62.3 Å². The van der Waals surface area contributed by atoms with Crippen LogP contribution in [0.3, 0.4) is 0 Å². The van der Waals surface area contributed by atoms with Gasteiger partial charge in [0.1, 0.15) is 10.0 Å². The molecule has 2 heterocycles. The number of sulfonamides is 1. The van der Waals surface area contributed by atoms with Crippen LogP contribution in [0.1, 0.15) is 0 Å². The van der Waals surface area contributed by atoms with Crippen molar-refractivity contribution in [2.45, 2.75) is 4.21 Å². The number of fused-ring (bicyclic) bond motifs is 1. The largest absolute Gasteiger partial charge is 0.369 e. The fourth-order valence-electron chi connectivity index (χ4n) is 2.19. The van der Waals surface area contributed by atoms with Gasteiger partial charge in [0.15, 0.2) is 0 Å². The van der Waals surface area contributed by atoms with E-state index in [0.717, 1.165) is 16.7 Å². The standard InChI is InChI=1S/C16H17N3O2S2/c1-19(23(20,21)16-7-4-12-22-16)11-10-17-15-9-8-13-5-2-3-6-14(13)18-15/h2-9,12H,10-11H2,1H3,(H,17,18). The number of nitrogens with zero attached hydrogens (tertiary/aromatic N) is 2. The van der Waals surface area contributed by atoms with Crippen LogP contribution in [0, 0.1) is 0 Å². The molecule has 0 radical (unpaired) electrons. The lowest BCUT2D eigenvalue weighted by Crippen LogP contribution is -2.31. The van der Waals surface area contributed by atoms with E-state index in [4.69, 9.17) is 0 Å². The Morgan fingerprint density at radius 2 is 1.96 bits per heavy atom. The molecule has 0 bridgehead atoms. The second-order valence-electron chi connectivity index (χ2n) is 5.07. The number of thiophene rings is 1. The van der Waals surface area contributed by atoms with Crippen molar-refractivity contribution < 1.29 is 8.42 Å². The molecule has 0 fully saturated rings. The first kappa shape index (κ1) is 15.9. The molecule has 0 saturated carbocycles. The second kappa shape index (κ2) is 6.66. The van der Waals surface area contributed by atoms with Crippen molar-refractivity contribution in [1.29, 1.82) is 0 Å². The zero-order chi connectivity index (χ0) is 16.3. The molecule has 0 aliphatic heterocycles. The number of para-hydroxylation sites is 1. The van der Waals surface area contributed by atoms with Gasteiger partial charge in [-0.05, 0) is 29.6 Å². The summed E-state index contributed by atoms with van der Waals surface area (Å²) in [6.07, 6.45) is 0. The number of anilines is 1. The van der Waals surface area contributed by atoms with Crippen LogP contribution in [-0.2, 0) is 10.0 Å². The summed E-state index contributed by atoms with van der Waals surface area (Å²) in [5.74, 6) is 0.741. The second-order valence-corrected chi connectivity index (χ2v) is 8.29. The zero-order valence-corrected chi connectivity index (χ0v) is 14.3. The van der Waals surface area contributed by atoms with Crippen LogP contribution in [0.5, 0.6) is 0 Å². The highest BCUT2D eigenvalue weighted by Gasteiger charge is 2.21. The Balaban J connectivity index is 1.62. The van der Waals surface area contributed by atoms with Gasteiger partial charge < -0.3 is 5.32 Å². The number of hydrogen-bond acceptors (Lipinski definition) is 5. The molecule has 0 aliphatic carbocycles. The molecule has 5 nitrogen and oxygen atoms in total. The van der Waals surface area contributed by atoms with E-state index in [0.29, 0.717) is 17.3 Å². The van der Waals surface area contributed by atoms with Crippen LogP contribution >= 0.6 is 11.3 Å². The lowest BCUT2D eigenvalue weighted by atomic mass is 10.2. The molecule has 1 N–H and O–H groups in total. The lowest BCUT2D eigenvalue weighted by molar-refractivity contribution is 0.482. The maximum atomic E-state index is 12.3. The third-order valence-electron chi connectivity index (χ3n) is 3.49. The van der Waals surface area contributed by atoms with Gasteiger partial charge >= 0.3 is 0 Å². The Bertz CT molecular complexity index is 893. The monoisotopic (exact) mass is 347 g/mol. The third kappa shape index (κ3) is 3.52. The zero-order valence-electron chi connectivity index (χ0n) is 12.6. The van der Waals surface area contributed by atoms with Crippen LogP contribution in [0.15, 0.2) is 58.1 Å². The van der Waals surface area contributed by atoms with Crippen LogP contribution in [-0.4, -0.2) is 37.8 Å². The van der Waals surface area contributed by atoms with Crippen LogP contribution in [0.25, 0.3) is 10.9 Å². The molecular formula is C16H17N3O2S2. The first-order chi connectivity index (χ1) is 11.1. The van der Waals surface area contributed by atoms with Crippen LogP contribution < -0.4 is 5.32 Å². The molecule has 120 valence electrons. The molecule has 0 amide bonds. The number of pyridine rings is 1. The minimum Gasteiger partial charge on any atom is -0.369 e. The molecule has 2 aromatic heterocycles.